The Hall–Kier alpha value is -3.16. The number of urea groups is 1. The molecule has 3 rings (SSSR count). The van der Waals surface area contributed by atoms with E-state index in [1.807, 2.05) is 0 Å². The monoisotopic (exact) mass is 364 g/mol. The third-order valence-electron chi connectivity index (χ3n) is 3.84. The van der Waals surface area contributed by atoms with Crippen LogP contribution in [0.2, 0.25) is 0 Å². The average molecular weight is 364 g/mol. The van der Waals surface area contributed by atoms with E-state index in [1.54, 1.807) is 18.2 Å². The van der Waals surface area contributed by atoms with Crippen LogP contribution >= 0.6 is 0 Å². The van der Waals surface area contributed by atoms with Crippen molar-refractivity contribution in [2.45, 2.75) is 12.2 Å². The summed E-state index contributed by atoms with van der Waals surface area (Å²) in [5.41, 5.74) is -0.481. The molecule has 134 valence electrons. The number of alkyl halides is 3. The summed E-state index contributed by atoms with van der Waals surface area (Å²) in [6, 6.07) is 10.1. The summed E-state index contributed by atoms with van der Waals surface area (Å²) < 4.78 is 52.7. The van der Waals surface area contributed by atoms with Gasteiger partial charge >= 0.3 is 12.2 Å². The summed E-state index contributed by atoms with van der Waals surface area (Å²) in [5, 5.41) is 4.59. The Balaban J connectivity index is 2.23. The molecule has 2 aromatic carbocycles. The second-order valence-corrected chi connectivity index (χ2v) is 5.56. The lowest BCUT2D eigenvalue weighted by Gasteiger charge is -2.30. The molecule has 0 saturated carbocycles. The maximum atomic E-state index is 13.2. The molecule has 8 heteroatoms. The van der Waals surface area contributed by atoms with Crippen LogP contribution in [0.3, 0.4) is 0 Å². The van der Waals surface area contributed by atoms with Crippen molar-refractivity contribution in [1.82, 2.24) is 10.6 Å². The zero-order valence-electron chi connectivity index (χ0n) is 13.1. The Morgan fingerprint density at radius 2 is 1.58 bits per heavy atom. The van der Waals surface area contributed by atoms with Crippen molar-refractivity contribution in [3.05, 3.63) is 77.1 Å². The summed E-state index contributed by atoms with van der Waals surface area (Å²) in [4.78, 5) is 24.1. The van der Waals surface area contributed by atoms with Crippen LogP contribution in [-0.4, -0.2) is 18.0 Å². The van der Waals surface area contributed by atoms with Crippen LogP contribution < -0.4 is 10.6 Å². The molecule has 0 spiro atoms. The van der Waals surface area contributed by atoms with Crippen LogP contribution in [0.4, 0.5) is 22.4 Å². The maximum absolute atomic E-state index is 13.2. The molecular formula is C18H12F4N2O2. The number of carbonyl (C=O) groups is 2. The zero-order valence-corrected chi connectivity index (χ0v) is 13.1. The minimum atomic E-state index is -5.14. The molecule has 0 unspecified atom stereocenters. The highest BCUT2D eigenvalue weighted by molar-refractivity contribution is 6.10. The Bertz CT molecular complexity index is 874. The number of hydrogen-bond donors (Lipinski definition) is 2. The molecule has 1 heterocycles. The normalized spacial score (nSPS) is 17.5. The van der Waals surface area contributed by atoms with E-state index in [4.69, 9.17) is 0 Å². The van der Waals surface area contributed by atoms with Crippen molar-refractivity contribution in [3.8, 4) is 0 Å². The van der Waals surface area contributed by atoms with E-state index in [2.05, 4.69) is 10.6 Å². The predicted molar refractivity (Wildman–Crippen MR) is 85.2 cm³/mol. The second-order valence-electron chi connectivity index (χ2n) is 5.56. The molecule has 2 aromatic rings. The van der Waals surface area contributed by atoms with Crippen LogP contribution in [0.5, 0.6) is 0 Å². The highest BCUT2D eigenvalue weighted by atomic mass is 19.4. The van der Waals surface area contributed by atoms with Gasteiger partial charge in [-0.15, -0.1) is 0 Å². The van der Waals surface area contributed by atoms with Crippen LogP contribution in [0.25, 0.3) is 5.70 Å². The largest absolute Gasteiger partial charge is 0.454 e. The molecule has 26 heavy (non-hydrogen) atoms. The molecule has 0 bridgehead atoms. The molecule has 0 aliphatic carbocycles. The first-order chi connectivity index (χ1) is 12.3. The Labute approximate surface area is 145 Å². The predicted octanol–water partition coefficient (Wildman–Crippen LogP) is 3.72. The van der Waals surface area contributed by atoms with Crippen molar-refractivity contribution in [2.24, 2.45) is 0 Å². The van der Waals surface area contributed by atoms with Gasteiger partial charge in [0.25, 0.3) is 5.78 Å². The van der Waals surface area contributed by atoms with Crippen LogP contribution in [0, 0.1) is 5.82 Å². The number of nitrogens with one attached hydrogen (secondary N) is 2. The Morgan fingerprint density at radius 1 is 0.962 bits per heavy atom. The molecule has 0 radical (unpaired) electrons. The van der Waals surface area contributed by atoms with Crippen molar-refractivity contribution in [3.63, 3.8) is 0 Å². The first-order valence-corrected chi connectivity index (χ1v) is 7.51. The Morgan fingerprint density at radius 3 is 2.15 bits per heavy atom. The van der Waals surface area contributed by atoms with Gasteiger partial charge in [-0.25, -0.2) is 9.18 Å². The average Bonchev–Trinajstić information content (AvgIpc) is 2.61. The highest BCUT2D eigenvalue weighted by Gasteiger charge is 2.46. The van der Waals surface area contributed by atoms with Crippen molar-refractivity contribution < 1.29 is 27.2 Å². The van der Waals surface area contributed by atoms with E-state index < -0.39 is 35.4 Å². The van der Waals surface area contributed by atoms with Gasteiger partial charge in [0.2, 0.25) is 0 Å². The standard InChI is InChI=1S/C18H12F4N2O2/c19-12-8-6-11(7-9-12)15-13(16(25)18(20,21)22)14(23-17(26)24-15)10-4-2-1-3-5-10/h1-9,15H,(H2,23,24,26)/t15-/m0/s1. The molecule has 0 fully saturated rings. The number of hydrogen-bond acceptors (Lipinski definition) is 2. The summed E-state index contributed by atoms with van der Waals surface area (Å²) in [7, 11) is 0. The molecule has 0 saturated heterocycles. The van der Waals surface area contributed by atoms with Crippen LogP contribution in [0.15, 0.2) is 60.2 Å². The van der Waals surface area contributed by atoms with Gasteiger partial charge in [-0.2, -0.15) is 13.2 Å². The number of halogens is 4. The van der Waals surface area contributed by atoms with E-state index in [1.165, 1.54) is 24.3 Å². The molecule has 0 aromatic heterocycles. The van der Waals surface area contributed by atoms with Crippen molar-refractivity contribution >= 4 is 17.5 Å². The zero-order chi connectivity index (χ0) is 18.9. The van der Waals surface area contributed by atoms with Gasteiger partial charge in [0.1, 0.15) is 5.82 Å². The molecule has 2 N–H and O–H groups in total. The van der Waals surface area contributed by atoms with Crippen molar-refractivity contribution in [1.29, 1.82) is 0 Å². The van der Waals surface area contributed by atoms with E-state index in [9.17, 15) is 27.2 Å². The number of benzene rings is 2. The van der Waals surface area contributed by atoms with Gasteiger partial charge in [0.05, 0.1) is 17.3 Å². The number of ketones is 1. The second kappa shape index (κ2) is 6.62. The third kappa shape index (κ3) is 3.44. The van der Waals surface area contributed by atoms with Gasteiger partial charge < -0.3 is 10.6 Å². The van der Waals surface area contributed by atoms with Gasteiger partial charge in [0, 0.05) is 0 Å². The summed E-state index contributed by atoms with van der Waals surface area (Å²) >= 11 is 0. The fourth-order valence-corrected chi connectivity index (χ4v) is 2.70. The van der Waals surface area contributed by atoms with E-state index in [-0.39, 0.29) is 16.8 Å². The molecule has 2 amide bonds. The molecule has 1 aliphatic rings. The van der Waals surface area contributed by atoms with Gasteiger partial charge in [0.15, 0.2) is 0 Å². The minimum Gasteiger partial charge on any atom is -0.327 e. The topological polar surface area (TPSA) is 58.2 Å². The number of carbonyl (C=O) groups excluding carboxylic acids is 2. The molecule has 1 aliphatic heterocycles. The summed E-state index contributed by atoms with van der Waals surface area (Å²) in [6.45, 7) is 0. The van der Waals surface area contributed by atoms with E-state index in [0.717, 1.165) is 12.1 Å². The maximum Gasteiger partial charge on any atom is 0.454 e. The Kier molecular flexibility index (Phi) is 4.50. The van der Waals surface area contributed by atoms with Crippen LogP contribution in [-0.2, 0) is 4.79 Å². The minimum absolute atomic E-state index is 0.155. The first kappa shape index (κ1) is 17.7. The quantitative estimate of drug-likeness (QED) is 0.816. The summed E-state index contributed by atoms with van der Waals surface area (Å²) in [5.74, 6) is -2.68. The number of amides is 2. The van der Waals surface area contributed by atoms with E-state index in [0.29, 0.717) is 0 Å². The molecular weight excluding hydrogens is 352 g/mol. The fourth-order valence-electron chi connectivity index (χ4n) is 2.70. The number of Topliss-reactive ketones (excluding diaryl/α,β-unsaturated/α-hetero) is 1. The lowest BCUT2D eigenvalue weighted by Crippen LogP contribution is -2.47. The van der Waals surface area contributed by atoms with E-state index >= 15 is 0 Å². The van der Waals surface area contributed by atoms with Gasteiger partial charge in [-0.05, 0) is 23.3 Å². The fraction of sp³-hybridized carbons (Fsp3) is 0.111. The lowest BCUT2D eigenvalue weighted by atomic mass is 9.89. The SMILES string of the molecule is O=C1NC(c2ccccc2)=C(C(=O)C(F)(F)F)[C@H](c2ccc(F)cc2)N1. The van der Waals surface area contributed by atoms with Gasteiger partial charge in [-0.3, -0.25) is 4.79 Å². The third-order valence-corrected chi connectivity index (χ3v) is 3.84. The first-order valence-electron chi connectivity index (χ1n) is 7.51. The van der Waals surface area contributed by atoms with Gasteiger partial charge in [-0.1, -0.05) is 42.5 Å². The smallest absolute Gasteiger partial charge is 0.327 e. The lowest BCUT2D eigenvalue weighted by molar-refractivity contribution is -0.166. The van der Waals surface area contributed by atoms with Crippen LogP contribution in [0.1, 0.15) is 17.2 Å². The number of rotatable bonds is 3. The highest BCUT2D eigenvalue weighted by Crippen LogP contribution is 2.36. The molecule has 4 nitrogen and oxygen atoms in total. The molecule has 1 atom stereocenters. The summed E-state index contributed by atoms with van der Waals surface area (Å²) in [6.07, 6.45) is -5.14. The van der Waals surface area contributed by atoms with Crippen molar-refractivity contribution in [2.75, 3.05) is 0 Å².